The van der Waals surface area contributed by atoms with E-state index in [9.17, 15) is 17.6 Å². The molecule has 20 heavy (non-hydrogen) atoms. The van der Waals surface area contributed by atoms with Crippen LogP contribution in [-0.2, 0) is 5.92 Å². The van der Waals surface area contributed by atoms with Crippen molar-refractivity contribution in [1.29, 1.82) is 5.26 Å². The summed E-state index contributed by atoms with van der Waals surface area (Å²) in [6.07, 6.45) is -6.60. The number of nitriles is 1. The fraction of sp³-hybridized carbons (Fsp3) is 0.462. The van der Waals surface area contributed by atoms with Crippen LogP contribution >= 0.6 is 0 Å². The Morgan fingerprint density at radius 3 is 2.20 bits per heavy atom. The van der Waals surface area contributed by atoms with Crippen molar-refractivity contribution in [3.8, 4) is 6.07 Å². The van der Waals surface area contributed by atoms with Crippen LogP contribution in [-0.4, -0.2) is 24.2 Å². The lowest BCUT2D eigenvalue weighted by Crippen LogP contribution is -2.37. The number of aliphatic hydroxyl groups is 1. The maximum absolute atomic E-state index is 13.7. The summed E-state index contributed by atoms with van der Waals surface area (Å²) in [5.74, 6) is -4.04. The van der Waals surface area contributed by atoms with E-state index in [1.165, 1.54) is 13.8 Å². The molecular weight excluding hydrogens is 276 g/mol. The highest BCUT2D eigenvalue weighted by atomic mass is 19.3. The number of anilines is 1. The molecule has 0 aliphatic carbocycles. The highest BCUT2D eigenvalue weighted by Crippen LogP contribution is 2.37. The second-order valence-electron chi connectivity index (χ2n) is 4.40. The van der Waals surface area contributed by atoms with Crippen molar-refractivity contribution in [2.45, 2.75) is 32.3 Å². The number of alkyl halides is 4. The number of nitrogens with one attached hydrogen (secondary N) is 1. The van der Waals surface area contributed by atoms with Gasteiger partial charge in [0.2, 0.25) is 0 Å². The van der Waals surface area contributed by atoms with Gasteiger partial charge >= 0.3 is 5.92 Å². The van der Waals surface area contributed by atoms with Gasteiger partial charge in [-0.2, -0.15) is 14.0 Å². The summed E-state index contributed by atoms with van der Waals surface area (Å²) in [5, 5.41) is 20.2. The van der Waals surface area contributed by atoms with Gasteiger partial charge in [-0.1, -0.05) is 0 Å². The van der Waals surface area contributed by atoms with E-state index < -0.39 is 24.0 Å². The van der Waals surface area contributed by atoms with Crippen molar-refractivity contribution in [2.75, 3.05) is 11.9 Å². The van der Waals surface area contributed by atoms with Gasteiger partial charge in [0.1, 0.15) is 6.54 Å². The van der Waals surface area contributed by atoms with Crippen LogP contribution in [0.25, 0.3) is 0 Å². The first-order valence-electron chi connectivity index (χ1n) is 5.78. The van der Waals surface area contributed by atoms with Gasteiger partial charge in [-0.05, 0) is 37.1 Å². The van der Waals surface area contributed by atoms with Crippen molar-refractivity contribution in [3.05, 3.63) is 28.8 Å². The van der Waals surface area contributed by atoms with Crippen LogP contribution in [0.2, 0.25) is 0 Å². The lowest BCUT2D eigenvalue weighted by molar-refractivity contribution is -0.168. The normalized spacial score (nSPS) is 13.2. The molecule has 0 heterocycles. The van der Waals surface area contributed by atoms with Crippen LogP contribution < -0.4 is 5.32 Å². The van der Waals surface area contributed by atoms with Crippen LogP contribution in [0.1, 0.15) is 16.7 Å². The third kappa shape index (κ3) is 3.20. The Bertz CT molecular complexity index is 503. The molecule has 1 aromatic rings. The summed E-state index contributed by atoms with van der Waals surface area (Å²) in [7, 11) is 0. The molecule has 2 N–H and O–H groups in total. The molecule has 0 aliphatic heterocycles. The van der Waals surface area contributed by atoms with E-state index in [-0.39, 0.29) is 6.54 Å². The number of rotatable bonds is 5. The van der Waals surface area contributed by atoms with E-state index in [4.69, 9.17) is 10.4 Å². The van der Waals surface area contributed by atoms with Crippen LogP contribution in [0.3, 0.4) is 0 Å². The Morgan fingerprint density at radius 1 is 1.30 bits per heavy atom. The summed E-state index contributed by atoms with van der Waals surface area (Å²) >= 11 is 0. The number of halogens is 4. The van der Waals surface area contributed by atoms with Gasteiger partial charge in [0, 0.05) is 11.3 Å². The van der Waals surface area contributed by atoms with Crippen LogP contribution in [0.5, 0.6) is 0 Å². The SMILES string of the molecule is Cc1cc(C(F)(F)C(O)C(F)F)cc(C)c1NCC#N. The molecule has 1 rings (SSSR count). The van der Waals surface area contributed by atoms with Gasteiger partial charge in [0.15, 0.2) is 6.10 Å². The predicted molar refractivity (Wildman–Crippen MR) is 65.9 cm³/mol. The van der Waals surface area contributed by atoms with Gasteiger partial charge in [0.25, 0.3) is 6.43 Å². The van der Waals surface area contributed by atoms with Crippen LogP contribution in [0, 0.1) is 25.2 Å². The Balaban J connectivity index is 3.20. The first-order chi connectivity index (χ1) is 9.21. The molecule has 1 atom stereocenters. The molecule has 0 aliphatic rings. The summed E-state index contributed by atoms with van der Waals surface area (Å²) in [4.78, 5) is 0. The van der Waals surface area contributed by atoms with Gasteiger partial charge in [-0.15, -0.1) is 0 Å². The molecular formula is C13H14F4N2O. The van der Waals surface area contributed by atoms with Crippen molar-refractivity contribution >= 4 is 5.69 Å². The zero-order valence-electron chi connectivity index (χ0n) is 10.9. The third-order valence-electron chi connectivity index (χ3n) is 2.87. The zero-order chi connectivity index (χ0) is 15.5. The average molecular weight is 290 g/mol. The minimum absolute atomic E-state index is 0.00290. The second kappa shape index (κ2) is 6.09. The van der Waals surface area contributed by atoms with E-state index >= 15 is 0 Å². The molecule has 0 radical (unpaired) electrons. The van der Waals surface area contributed by atoms with E-state index in [2.05, 4.69) is 5.32 Å². The highest BCUT2D eigenvalue weighted by Gasteiger charge is 2.46. The lowest BCUT2D eigenvalue weighted by atomic mass is 9.97. The number of aryl methyl sites for hydroxylation is 2. The number of benzene rings is 1. The van der Waals surface area contributed by atoms with Crippen LogP contribution in [0.15, 0.2) is 12.1 Å². The van der Waals surface area contributed by atoms with E-state index in [0.717, 1.165) is 12.1 Å². The quantitative estimate of drug-likeness (QED) is 0.647. The first kappa shape index (κ1) is 16.2. The highest BCUT2D eigenvalue weighted by molar-refractivity contribution is 5.59. The van der Waals surface area contributed by atoms with Gasteiger partial charge in [0.05, 0.1) is 6.07 Å². The van der Waals surface area contributed by atoms with Crippen LogP contribution in [0.4, 0.5) is 23.2 Å². The number of aliphatic hydroxyl groups excluding tert-OH is 1. The average Bonchev–Trinajstić information content (AvgIpc) is 2.36. The smallest absolute Gasteiger partial charge is 0.304 e. The van der Waals surface area contributed by atoms with Gasteiger partial charge in [-0.25, -0.2) is 8.78 Å². The maximum Gasteiger partial charge on any atom is 0.304 e. The molecule has 0 saturated heterocycles. The third-order valence-corrected chi connectivity index (χ3v) is 2.87. The number of hydrogen-bond acceptors (Lipinski definition) is 3. The molecule has 0 saturated carbocycles. The molecule has 0 spiro atoms. The maximum atomic E-state index is 13.7. The van der Waals surface area contributed by atoms with Crippen molar-refractivity contribution in [1.82, 2.24) is 0 Å². The fourth-order valence-electron chi connectivity index (χ4n) is 1.89. The monoisotopic (exact) mass is 290 g/mol. The van der Waals surface area contributed by atoms with Gasteiger partial charge < -0.3 is 10.4 Å². The van der Waals surface area contributed by atoms with E-state index in [1.807, 2.05) is 6.07 Å². The molecule has 1 unspecified atom stereocenters. The van der Waals surface area contributed by atoms with Crippen molar-refractivity contribution in [3.63, 3.8) is 0 Å². The summed E-state index contributed by atoms with van der Waals surface area (Å²) < 4.78 is 52.0. The predicted octanol–water partition coefficient (Wildman–Crippen LogP) is 2.96. The molecule has 0 fully saturated rings. The zero-order valence-corrected chi connectivity index (χ0v) is 10.9. The van der Waals surface area contributed by atoms with Crippen molar-refractivity contribution < 1.29 is 22.7 Å². The molecule has 0 aromatic heterocycles. The summed E-state index contributed by atoms with van der Waals surface area (Å²) in [6.45, 7) is 3.03. The van der Waals surface area contributed by atoms with E-state index in [0.29, 0.717) is 16.8 Å². The summed E-state index contributed by atoms with van der Waals surface area (Å²) in [5.41, 5.74) is 0.591. The molecule has 110 valence electrons. The lowest BCUT2D eigenvalue weighted by Gasteiger charge is -2.24. The largest absolute Gasteiger partial charge is 0.381 e. The topological polar surface area (TPSA) is 56.0 Å². The Kier molecular flexibility index (Phi) is 4.95. The minimum atomic E-state index is -4.04. The van der Waals surface area contributed by atoms with Crippen molar-refractivity contribution in [2.24, 2.45) is 0 Å². The Hall–Kier alpha value is -1.81. The minimum Gasteiger partial charge on any atom is -0.381 e. The molecule has 7 heteroatoms. The Morgan fingerprint density at radius 2 is 1.80 bits per heavy atom. The first-order valence-corrected chi connectivity index (χ1v) is 5.78. The molecule has 0 amide bonds. The second-order valence-corrected chi connectivity index (χ2v) is 4.40. The number of hydrogen-bond donors (Lipinski definition) is 2. The molecule has 1 aromatic carbocycles. The number of nitrogens with zero attached hydrogens (tertiary/aromatic N) is 1. The summed E-state index contributed by atoms with van der Waals surface area (Å²) in [6, 6.07) is 3.90. The van der Waals surface area contributed by atoms with Gasteiger partial charge in [-0.3, -0.25) is 0 Å². The molecule has 0 bridgehead atoms. The molecule has 3 nitrogen and oxygen atoms in total. The van der Waals surface area contributed by atoms with E-state index in [1.54, 1.807) is 0 Å². The Labute approximate surface area is 113 Å². The fourth-order valence-corrected chi connectivity index (χ4v) is 1.89. The standard InChI is InChI=1S/C13H14F4N2O/c1-7-5-9(13(16,17)11(20)12(14)15)6-8(2)10(7)19-4-3-18/h5-6,11-12,19-20H,4H2,1-2H3.